The monoisotopic (exact) mass is 306 g/mol. The maximum atomic E-state index is 12.3. The van der Waals surface area contributed by atoms with Crippen LogP contribution in [0.1, 0.15) is 6.42 Å². The molecule has 0 aliphatic heterocycles. The summed E-state index contributed by atoms with van der Waals surface area (Å²) in [5.41, 5.74) is -0.397. The number of carboxylic acids is 1. The molecule has 0 unspecified atom stereocenters. The van der Waals surface area contributed by atoms with Crippen molar-refractivity contribution in [3.05, 3.63) is 34.7 Å². The highest BCUT2D eigenvalue weighted by molar-refractivity contribution is 5.81. The Kier molecular flexibility index (Phi) is 5.51. The first kappa shape index (κ1) is 16.7. The number of aryl methyl sites for hydroxylation is 1. The smallest absolute Gasteiger partial charge is 0.406 e. The van der Waals surface area contributed by atoms with Gasteiger partial charge in [-0.25, -0.2) is 0 Å². The minimum atomic E-state index is -4.69. The Bertz CT molecular complexity index is 568. The van der Waals surface area contributed by atoms with Crippen LogP contribution >= 0.6 is 0 Å². The van der Waals surface area contributed by atoms with Crippen LogP contribution in [0.3, 0.4) is 0 Å². The lowest BCUT2D eigenvalue weighted by Crippen LogP contribution is -2.42. The van der Waals surface area contributed by atoms with E-state index in [1.165, 1.54) is 24.4 Å². The summed E-state index contributed by atoms with van der Waals surface area (Å²) in [5, 5.41) is 8.54. The average molecular weight is 306 g/mol. The van der Waals surface area contributed by atoms with Gasteiger partial charge in [-0.2, -0.15) is 13.2 Å². The molecule has 116 valence electrons. The quantitative estimate of drug-likeness (QED) is 0.839. The van der Waals surface area contributed by atoms with Crippen LogP contribution in [0, 0.1) is 0 Å². The van der Waals surface area contributed by atoms with Crippen molar-refractivity contribution in [1.29, 1.82) is 0 Å². The highest BCUT2D eigenvalue weighted by Gasteiger charge is 2.33. The van der Waals surface area contributed by atoms with Crippen molar-refractivity contribution in [2.24, 2.45) is 0 Å². The van der Waals surface area contributed by atoms with E-state index in [-0.39, 0.29) is 11.4 Å². The first-order chi connectivity index (χ1) is 9.69. The summed E-state index contributed by atoms with van der Waals surface area (Å²) in [6, 6.07) is 4.27. The molecule has 9 heteroatoms. The highest BCUT2D eigenvalue weighted by Crippen LogP contribution is 2.17. The molecule has 1 heterocycles. The van der Waals surface area contributed by atoms with Gasteiger partial charge in [0.2, 0.25) is 5.91 Å². The Balaban J connectivity index is 2.70. The SMILES string of the molecule is O=C(O)CN(CC(F)(F)F)C(=O)CCn1ccccc1=O. The van der Waals surface area contributed by atoms with E-state index < -0.39 is 43.1 Å². The number of hydrogen-bond donors (Lipinski definition) is 1. The third kappa shape index (κ3) is 6.11. The molecule has 1 aromatic rings. The van der Waals surface area contributed by atoms with E-state index in [9.17, 15) is 27.6 Å². The lowest BCUT2D eigenvalue weighted by Gasteiger charge is -2.22. The molecule has 6 nitrogen and oxygen atoms in total. The van der Waals surface area contributed by atoms with Gasteiger partial charge >= 0.3 is 12.1 Å². The maximum Gasteiger partial charge on any atom is 0.406 e. The maximum absolute atomic E-state index is 12.3. The highest BCUT2D eigenvalue weighted by atomic mass is 19.4. The topological polar surface area (TPSA) is 79.6 Å². The van der Waals surface area contributed by atoms with E-state index >= 15 is 0 Å². The molecular weight excluding hydrogens is 293 g/mol. The van der Waals surface area contributed by atoms with Crippen LogP contribution in [0.25, 0.3) is 0 Å². The molecule has 0 aliphatic carbocycles. The summed E-state index contributed by atoms with van der Waals surface area (Å²) in [6.45, 7) is -2.80. The fourth-order valence-corrected chi connectivity index (χ4v) is 1.63. The minimum absolute atomic E-state index is 0.119. The molecule has 0 aromatic carbocycles. The summed E-state index contributed by atoms with van der Waals surface area (Å²) in [5.74, 6) is -2.52. The number of pyridine rings is 1. The third-order valence-corrected chi connectivity index (χ3v) is 2.51. The van der Waals surface area contributed by atoms with E-state index in [1.807, 2.05) is 0 Å². The van der Waals surface area contributed by atoms with Crippen molar-refractivity contribution < 1.29 is 27.9 Å². The first-order valence-corrected chi connectivity index (χ1v) is 5.91. The molecule has 0 spiro atoms. The summed E-state index contributed by atoms with van der Waals surface area (Å²) < 4.78 is 38.1. The lowest BCUT2D eigenvalue weighted by molar-refractivity contribution is -0.165. The van der Waals surface area contributed by atoms with Crippen LogP contribution in [0.4, 0.5) is 13.2 Å². The summed E-state index contributed by atoms with van der Waals surface area (Å²) in [4.78, 5) is 33.8. The average Bonchev–Trinajstić information content (AvgIpc) is 2.34. The van der Waals surface area contributed by atoms with E-state index in [1.54, 1.807) is 0 Å². The Labute approximate surface area is 117 Å². The molecule has 21 heavy (non-hydrogen) atoms. The van der Waals surface area contributed by atoms with Gasteiger partial charge in [0.25, 0.3) is 5.56 Å². The zero-order valence-corrected chi connectivity index (χ0v) is 10.8. The normalized spacial score (nSPS) is 11.2. The van der Waals surface area contributed by atoms with E-state index in [4.69, 9.17) is 5.11 Å². The fraction of sp³-hybridized carbons (Fsp3) is 0.417. The lowest BCUT2D eigenvalue weighted by atomic mass is 10.3. The van der Waals surface area contributed by atoms with Gasteiger partial charge in [-0.1, -0.05) is 6.07 Å². The van der Waals surface area contributed by atoms with Crippen molar-refractivity contribution in [1.82, 2.24) is 9.47 Å². The van der Waals surface area contributed by atoms with E-state index in [0.717, 1.165) is 4.57 Å². The number of amides is 1. The molecule has 0 atom stereocenters. The van der Waals surface area contributed by atoms with Crippen LogP contribution in [0.5, 0.6) is 0 Å². The van der Waals surface area contributed by atoms with Crippen molar-refractivity contribution >= 4 is 11.9 Å². The predicted octanol–water partition coefficient (Wildman–Crippen LogP) is 0.714. The van der Waals surface area contributed by atoms with Crippen LogP contribution in [-0.2, 0) is 16.1 Å². The standard InChI is InChI=1S/C12H13F3N2O4/c13-12(14,15)8-17(7-11(20)21)10(19)4-6-16-5-2-1-3-9(16)18/h1-3,5H,4,6-8H2,(H,20,21). The summed E-state index contributed by atoms with van der Waals surface area (Å²) >= 11 is 0. The van der Waals surface area contributed by atoms with Gasteiger partial charge in [0, 0.05) is 25.2 Å². The molecule has 0 saturated carbocycles. The zero-order valence-electron chi connectivity index (χ0n) is 10.8. The number of carbonyl (C=O) groups is 2. The zero-order chi connectivity index (χ0) is 16.0. The molecule has 0 saturated heterocycles. The Morgan fingerprint density at radius 1 is 1.29 bits per heavy atom. The fourth-order valence-electron chi connectivity index (χ4n) is 1.63. The number of rotatable bonds is 6. The molecule has 1 amide bonds. The molecule has 0 aliphatic rings. The van der Waals surface area contributed by atoms with Crippen molar-refractivity contribution in [2.45, 2.75) is 19.1 Å². The summed E-state index contributed by atoms with van der Waals surface area (Å²) in [6.07, 6.45) is -3.69. The third-order valence-electron chi connectivity index (χ3n) is 2.51. The predicted molar refractivity (Wildman–Crippen MR) is 65.6 cm³/mol. The van der Waals surface area contributed by atoms with Crippen LogP contribution < -0.4 is 5.56 Å². The van der Waals surface area contributed by atoms with Gasteiger partial charge in [-0.3, -0.25) is 14.4 Å². The van der Waals surface area contributed by atoms with Crippen molar-refractivity contribution in [2.75, 3.05) is 13.1 Å². The van der Waals surface area contributed by atoms with Gasteiger partial charge in [0.05, 0.1) is 0 Å². The van der Waals surface area contributed by atoms with Crippen molar-refractivity contribution in [3.8, 4) is 0 Å². The number of hydrogen-bond acceptors (Lipinski definition) is 3. The molecule has 1 aromatic heterocycles. The van der Waals surface area contributed by atoms with Gasteiger partial charge in [-0.05, 0) is 6.07 Å². The largest absolute Gasteiger partial charge is 0.480 e. The number of alkyl halides is 3. The second kappa shape index (κ2) is 6.91. The van der Waals surface area contributed by atoms with Gasteiger partial charge in [0.15, 0.2) is 0 Å². The number of halogens is 3. The molecule has 0 bridgehead atoms. The number of nitrogens with zero attached hydrogens (tertiary/aromatic N) is 2. The van der Waals surface area contributed by atoms with E-state index in [2.05, 4.69) is 0 Å². The van der Waals surface area contributed by atoms with Gasteiger partial charge in [-0.15, -0.1) is 0 Å². The van der Waals surface area contributed by atoms with Gasteiger partial charge in [0.1, 0.15) is 13.1 Å². The first-order valence-electron chi connectivity index (χ1n) is 5.91. The molecular formula is C12H13F3N2O4. The van der Waals surface area contributed by atoms with Crippen molar-refractivity contribution in [3.63, 3.8) is 0 Å². The summed E-state index contributed by atoms with van der Waals surface area (Å²) in [7, 11) is 0. The van der Waals surface area contributed by atoms with Gasteiger partial charge < -0.3 is 14.6 Å². The second-order valence-corrected chi connectivity index (χ2v) is 4.24. The molecule has 1 N–H and O–H groups in total. The Morgan fingerprint density at radius 3 is 2.48 bits per heavy atom. The van der Waals surface area contributed by atoms with Crippen LogP contribution in [0.2, 0.25) is 0 Å². The number of carboxylic acid groups (broad SMARTS) is 1. The number of aromatic nitrogens is 1. The second-order valence-electron chi connectivity index (χ2n) is 4.24. The molecule has 0 fully saturated rings. The molecule has 1 rings (SSSR count). The Morgan fingerprint density at radius 2 is 1.95 bits per heavy atom. The van der Waals surface area contributed by atoms with E-state index in [0.29, 0.717) is 0 Å². The Hall–Kier alpha value is -2.32. The minimum Gasteiger partial charge on any atom is -0.480 e. The van der Waals surface area contributed by atoms with Crippen LogP contribution in [0.15, 0.2) is 29.2 Å². The molecule has 0 radical (unpaired) electrons. The number of carbonyl (C=O) groups excluding carboxylic acids is 1. The number of aliphatic carboxylic acids is 1. The van der Waals surface area contributed by atoms with Crippen LogP contribution in [-0.4, -0.2) is 45.7 Å².